The number of carbonyl (C=O) groups excluding carboxylic acids is 1. The number of halogens is 1. The molecule has 1 atom stereocenters. The van der Waals surface area contributed by atoms with E-state index in [0.29, 0.717) is 12.5 Å². The largest absolute Gasteiger partial charge is 0.444 e. The molecule has 28 heavy (non-hydrogen) atoms. The van der Waals surface area contributed by atoms with E-state index in [4.69, 9.17) is 4.74 Å². The lowest BCUT2D eigenvalue weighted by Crippen LogP contribution is -2.55. The third-order valence-corrected chi connectivity index (χ3v) is 6.91. The fourth-order valence-electron chi connectivity index (χ4n) is 3.78. The Hall–Kier alpha value is -1.23. The summed E-state index contributed by atoms with van der Waals surface area (Å²) in [6, 6.07) is 0.0547. The van der Waals surface area contributed by atoms with Crippen LogP contribution in [0.3, 0.4) is 0 Å². The first-order chi connectivity index (χ1) is 13.3. The molecule has 1 saturated heterocycles. The summed E-state index contributed by atoms with van der Waals surface area (Å²) >= 11 is 2.30. The van der Waals surface area contributed by atoms with E-state index in [1.54, 1.807) is 15.4 Å². The molecule has 2 fully saturated rings. The second-order valence-electron chi connectivity index (χ2n) is 8.62. The molecule has 0 spiro atoms. The molecule has 1 aliphatic carbocycles. The van der Waals surface area contributed by atoms with E-state index >= 15 is 0 Å². The van der Waals surface area contributed by atoms with E-state index in [1.807, 2.05) is 25.7 Å². The first-order valence-corrected chi connectivity index (χ1v) is 13.0. The van der Waals surface area contributed by atoms with Crippen molar-refractivity contribution in [1.82, 2.24) is 18.8 Å². The number of anilines is 1. The van der Waals surface area contributed by atoms with Gasteiger partial charge in [0.05, 0.1) is 5.39 Å². The Balaban J connectivity index is 1.60. The van der Waals surface area contributed by atoms with Crippen LogP contribution in [-0.4, -0.2) is 56.2 Å². The molecule has 9 heteroatoms. The number of aromatic nitrogens is 3. The summed E-state index contributed by atoms with van der Waals surface area (Å²) in [6.07, 6.45) is 6.11. The molecule has 2 aliphatic rings. The zero-order valence-electron chi connectivity index (χ0n) is 16.7. The van der Waals surface area contributed by atoms with Crippen LogP contribution in [0.15, 0.2) is 12.5 Å². The van der Waals surface area contributed by atoms with Gasteiger partial charge in [-0.1, -0.05) is 0 Å². The third kappa shape index (κ3) is 3.92. The summed E-state index contributed by atoms with van der Waals surface area (Å²) in [5.74, 6) is 1.62. The van der Waals surface area contributed by atoms with Gasteiger partial charge in [0, 0.05) is 62.2 Å². The highest BCUT2D eigenvalue weighted by Crippen LogP contribution is 2.46. The number of hydrogen-bond donors (Lipinski definition) is 0. The second kappa shape index (κ2) is 7.55. The van der Waals surface area contributed by atoms with Crippen molar-refractivity contribution in [2.75, 3.05) is 24.5 Å². The van der Waals surface area contributed by atoms with Gasteiger partial charge in [0.2, 0.25) is 0 Å². The zero-order chi connectivity index (χ0) is 20.1. The van der Waals surface area contributed by atoms with Gasteiger partial charge in [-0.05, 0) is 52.0 Å². The third-order valence-electron chi connectivity index (χ3n) is 5.21. The van der Waals surface area contributed by atoms with Crippen LogP contribution in [0.1, 0.15) is 52.0 Å². The number of hydrogen-bond acceptors (Lipinski definition) is 6. The van der Waals surface area contributed by atoms with Gasteiger partial charge in [-0.3, -0.25) is 3.97 Å². The van der Waals surface area contributed by atoms with Crippen molar-refractivity contribution < 1.29 is 9.53 Å². The molecule has 0 bridgehead atoms. The molecular formula is C19H26IN5O2S. The molecule has 1 saturated carbocycles. The maximum Gasteiger partial charge on any atom is 0.410 e. The van der Waals surface area contributed by atoms with Crippen LogP contribution in [-0.2, 0) is 4.74 Å². The second-order valence-corrected chi connectivity index (χ2v) is 10.3. The summed E-state index contributed by atoms with van der Waals surface area (Å²) in [7, 11) is 1.64. The molecule has 0 N–H and O–H groups in total. The van der Waals surface area contributed by atoms with Crippen LogP contribution in [0.25, 0.3) is 11.0 Å². The van der Waals surface area contributed by atoms with Crippen molar-refractivity contribution in [3.63, 3.8) is 0 Å². The number of ether oxygens (including phenoxy) is 1. The predicted octanol–water partition coefficient (Wildman–Crippen LogP) is 4.60. The quantitative estimate of drug-likeness (QED) is 0.557. The lowest BCUT2D eigenvalue weighted by Gasteiger charge is -2.40. The van der Waals surface area contributed by atoms with E-state index in [1.165, 1.54) is 23.8 Å². The highest BCUT2D eigenvalue weighted by Gasteiger charge is 2.34. The molecule has 152 valence electrons. The number of fused-ring (bicyclic) bond motifs is 1. The Morgan fingerprint density at radius 3 is 2.64 bits per heavy atom. The minimum Gasteiger partial charge on any atom is -0.444 e. The number of amides is 1. The Morgan fingerprint density at radius 1 is 1.29 bits per heavy atom. The first kappa shape index (κ1) is 20.1. The van der Waals surface area contributed by atoms with E-state index < -0.39 is 5.60 Å². The summed E-state index contributed by atoms with van der Waals surface area (Å²) in [5.41, 5.74) is 1.86. The number of nitrogens with zero attached hydrogens (tertiary/aromatic N) is 5. The molecule has 1 aliphatic heterocycles. The normalized spacial score (nSPS) is 20.7. The monoisotopic (exact) mass is 515 g/mol. The van der Waals surface area contributed by atoms with Crippen molar-refractivity contribution in [3.05, 3.63) is 18.1 Å². The number of rotatable bonds is 3. The highest BCUT2D eigenvalue weighted by molar-refractivity contribution is 14.2. The molecule has 2 aromatic rings. The van der Waals surface area contributed by atoms with E-state index in [-0.39, 0.29) is 12.1 Å². The van der Waals surface area contributed by atoms with Crippen LogP contribution in [0.2, 0.25) is 0 Å². The van der Waals surface area contributed by atoms with E-state index in [0.717, 1.165) is 24.6 Å². The van der Waals surface area contributed by atoms with Crippen LogP contribution in [0.4, 0.5) is 10.6 Å². The van der Waals surface area contributed by atoms with Gasteiger partial charge < -0.3 is 14.5 Å². The van der Waals surface area contributed by atoms with E-state index in [2.05, 4.69) is 53.2 Å². The lowest BCUT2D eigenvalue weighted by atomic mass is 10.1. The molecule has 0 radical (unpaired) electrons. The summed E-state index contributed by atoms with van der Waals surface area (Å²) < 4.78 is 7.71. The molecule has 1 unspecified atom stereocenters. The Bertz CT molecular complexity index is 892. The van der Waals surface area contributed by atoms with Crippen LogP contribution in [0.5, 0.6) is 0 Å². The summed E-state index contributed by atoms with van der Waals surface area (Å²) in [5, 5.41) is 1.17. The topological polar surface area (TPSA) is 63.5 Å². The molecule has 4 rings (SSSR count). The van der Waals surface area contributed by atoms with Gasteiger partial charge in [-0.2, -0.15) is 0 Å². The maximum absolute atomic E-state index is 12.5. The lowest BCUT2D eigenvalue weighted by molar-refractivity contribution is 0.0159. The van der Waals surface area contributed by atoms with Gasteiger partial charge in [0.15, 0.2) is 5.65 Å². The van der Waals surface area contributed by atoms with Crippen molar-refractivity contribution in [2.24, 2.45) is 0 Å². The summed E-state index contributed by atoms with van der Waals surface area (Å²) in [4.78, 5) is 25.9. The molecule has 7 nitrogen and oxygen atoms in total. The van der Waals surface area contributed by atoms with E-state index in [9.17, 15) is 4.79 Å². The van der Waals surface area contributed by atoms with Crippen LogP contribution < -0.4 is 4.90 Å². The standard InChI is InChI=1S/C19H26IN5O2S/c1-12-9-23(7-8-24(12)18(26)27-19(2,3)4)16-15-14(13-5-6-13)10-25(28-20)17(15)22-11-21-16/h10-13H,5-9H2,1-4H3. The minimum atomic E-state index is -0.480. The van der Waals surface area contributed by atoms with Gasteiger partial charge >= 0.3 is 6.09 Å². The summed E-state index contributed by atoms with van der Waals surface area (Å²) in [6.45, 7) is 9.88. The highest BCUT2D eigenvalue weighted by atomic mass is 127. The van der Waals surface area contributed by atoms with Crippen LogP contribution in [0, 0.1) is 0 Å². The van der Waals surface area contributed by atoms with Crippen LogP contribution >= 0.6 is 30.3 Å². The Morgan fingerprint density at radius 2 is 2.04 bits per heavy atom. The van der Waals surface area contributed by atoms with Crippen molar-refractivity contribution in [2.45, 2.75) is 58.1 Å². The maximum atomic E-state index is 12.5. The molecule has 2 aromatic heterocycles. The molecule has 1 amide bonds. The molecule has 3 heterocycles. The van der Waals surface area contributed by atoms with Crippen molar-refractivity contribution in [3.8, 4) is 0 Å². The van der Waals surface area contributed by atoms with Gasteiger partial charge in [-0.25, -0.2) is 14.8 Å². The van der Waals surface area contributed by atoms with Crippen molar-refractivity contribution >= 4 is 53.3 Å². The van der Waals surface area contributed by atoms with Crippen molar-refractivity contribution in [1.29, 1.82) is 0 Å². The Labute approximate surface area is 181 Å². The number of carbonyl (C=O) groups is 1. The zero-order valence-corrected chi connectivity index (χ0v) is 19.7. The SMILES string of the molecule is CC1CN(c2ncnc3c2c(C2CC2)cn3SI)CCN1C(=O)OC(C)(C)C. The fourth-order valence-corrected chi connectivity index (χ4v) is 5.04. The predicted molar refractivity (Wildman–Crippen MR) is 121 cm³/mol. The van der Waals surface area contributed by atoms with Gasteiger partial charge in [0.25, 0.3) is 0 Å². The minimum absolute atomic E-state index is 0.0547. The fraction of sp³-hybridized carbons (Fsp3) is 0.632. The average molecular weight is 515 g/mol. The average Bonchev–Trinajstić information content (AvgIpc) is 3.40. The van der Waals surface area contributed by atoms with Gasteiger partial charge in [0.1, 0.15) is 17.7 Å². The first-order valence-electron chi connectivity index (χ1n) is 9.68. The Kier molecular flexibility index (Phi) is 5.41. The smallest absolute Gasteiger partial charge is 0.410 e. The van der Waals surface area contributed by atoms with Gasteiger partial charge in [-0.15, -0.1) is 0 Å². The number of piperazine rings is 1. The molecule has 0 aromatic carbocycles. The molecular weight excluding hydrogens is 489 g/mol.